The van der Waals surface area contributed by atoms with E-state index >= 15 is 0 Å². The van der Waals surface area contributed by atoms with Crippen LogP contribution in [-0.2, 0) is 6.54 Å². The maximum Gasteiger partial charge on any atom is 0.258 e. The van der Waals surface area contributed by atoms with Crippen molar-refractivity contribution in [1.29, 1.82) is 0 Å². The van der Waals surface area contributed by atoms with Crippen LogP contribution in [0.1, 0.15) is 28.8 Å². The number of fused-ring (bicyclic) bond motifs is 1. The SMILES string of the molecule is COc1ccc(Cn2nc(NC(=O)c3ccc(N4CCC(O)CC4)nc3)cc2-c2nc3cc(F)ccc3[nH]2)cc1. The number of aromatic nitrogens is 5. The zero-order chi connectivity index (χ0) is 27.6. The molecule has 0 atom stereocenters. The Morgan fingerprint density at radius 2 is 1.93 bits per heavy atom. The second-order valence-electron chi connectivity index (χ2n) is 9.74. The molecule has 0 bridgehead atoms. The molecule has 204 valence electrons. The van der Waals surface area contributed by atoms with Crippen molar-refractivity contribution in [2.45, 2.75) is 25.5 Å². The minimum atomic E-state index is -0.372. The van der Waals surface area contributed by atoms with Crippen molar-refractivity contribution in [3.8, 4) is 17.3 Å². The van der Waals surface area contributed by atoms with Crippen LogP contribution in [0.5, 0.6) is 5.75 Å². The van der Waals surface area contributed by atoms with Crippen LogP contribution >= 0.6 is 0 Å². The Morgan fingerprint density at radius 3 is 2.65 bits per heavy atom. The first-order valence-electron chi connectivity index (χ1n) is 13.0. The monoisotopic (exact) mass is 541 g/mol. The number of imidazole rings is 1. The van der Waals surface area contributed by atoms with E-state index in [2.05, 4.69) is 30.3 Å². The highest BCUT2D eigenvalue weighted by Gasteiger charge is 2.20. The van der Waals surface area contributed by atoms with Crippen molar-refractivity contribution < 1.29 is 19.0 Å². The van der Waals surface area contributed by atoms with Crippen LogP contribution in [0.3, 0.4) is 0 Å². The zero-order valence-electron chi connectivity index (χ0n) is 21.8. The molecule has 3 N–H and O–H groups in total. The Morgan fingerprint density at radius 1 is 1.12 bits per heavy atom. The molecule has 0 unspecified atom stereocenters. The van der Waals surface area contributed by atoms with Gasteiger partial charge in [0.2, 0.25) is 0 Å². The second kappa shape index (κ2) is 10.8. The lowest BCUT2D eigenvalue weighted by atomic mass is 10.1. The van der Waals surface area contributed by atoms with Gasteiger partial charge >= 0.3 is 0 Å². The lowest BCUT2D eigenvalue weighted by Crippen LogP contribution is -2.36. The number of aromatic amines is 1. The number of aliphatic hydroxyl groups excluding tert-OH is 1. The molecule has 10 nitrogen and oxygen atoms in total. The maximum absolute atomic E-state index is 13.8. The highest BCUT2D eigenvalue weighted by molar-refractivity contribution is 6.03. The molecule has 5 aromatic rings. The molecule has 0 saturated carbocycles. The Balaban J connectivity index is 1.26. The van der Waals surface area contributed by atoms with E-state index in [1.807, 2.05) is 30.3 Å². The molecule has 0 radical (unpaired) electrons. The number of pyridine rings is 1. The summed E-state index contributed by atoms with van der Waals surface area (Å²) in [7, 11) is 1.61. The first-order valence-corrected chi connectivity index (χ1v) is 13.0. The predicted molar refractivity (Wildman–Crippen MR) is 149 cm³/mol. The number of nitrogens with zero attached hydrogens (tertiary/aromatic N) is 5. The molecule has 1 aliphatic heterocycles. The number of carbonyl (C=O) groups is 1. The minimum absolute atomic E-state index is 0.267. The summed E-state index contributed by atoms with van der Waals surface area (Å²) in [5.74, 6) is 1.64. The Kier molecular flexibility index (Phi) is 6.87. The third-order valence-electron chi connectivity index (χ3n) is 7.00. The number of benzene rings is 2. The molecule has 40 heavy (non-hydrogen) atoms. The summed E-state index contributed by atoms with van der Waals surface area (Å²) in [6, 6.07) is 17.3. The summed E-state index contributed by atoms with van der Waals surface area (Å²) in [5, 5.41) is 17.2. The summed E-state index contributed by atoms with van der Waals surface area (Å²) in [5.41, 5.74) is 3.17. The van der Waals surface area contributed by atoms with E-state index in [1.54, 1.807) is 36.2 Å². The molecular weight excluding hydrogens is 513 g/mol. The molecule has 1 saturated heterocycles. The topological polar surface area (TPSA) is 121 Å². The molecule has 1 aliphatic rings. The van der Waals surface area contributed by atoms with Crippen LogP contribution in [0.2, 0.25) is 0 Å². The summed E-state index contributed by atoms with van der Waals surface area (Å²) in [4.78, 5) is 27.4. The third kappa shape index (κ3) is 5.36. The molecule has 0 aliphatic carbocycles. The van der Waals surface area contributed by atoms with Crippen molar-refractivity contribution in [2.75, 3.05) is 30.4 Å². The average molecular weight is 542 g/mol. The summed E-state index contributed by atoms with van der Waals surface area (Å²) < 4.78 is 20.8. The van der Waals surface area contributed by atoms with Gasteiger partial charge in [0.05, 0.1) is 36.4 Å². The van der Waals surface area contributed by atoms with Crippen molar-refractivity contribution in [2.24, 2.45) is 0 Å². The minimum Gasteiger partial charge on any atom is -0.497 e. The van der Waals surface area contributed by atoms with E-state index in [9.17, 15) is 14.3 Å². The van der Waals surface area contributed by atoms with Gasteiger partial charge in [0.25, 0.3) is 5.91 Å². The number of piperidine rings is 1. The van der Waals surface area contributed by atoms with Gasteiger partial charge in [0.15, 0.2) is 11.6 Å². The number of hydrogen-bond acceptors (Lipinski definition) is 7. The predicted octanol–water partition coefficient (Wildman–Crippen LogP) is 4.23. The Hall–Kier alpha value is -4.77. The lowest BCUT2D eigenvalue weighted by molar-refractivity contribution is 0.102. The molecule has 0 spiro atoms. The molecule has 1 amide bonds. The smallest absolute Gasteiger partial charge is 0.258 e. The van der Waals surface area contributed by atoms with Gasteiger partial charge in [0, 0.05) is 31.4 Å². The molecule has 1 fully saturated rings. The molecule has 3 aromatic heterocycles. The van der Waals surface area contributed by atoms with Gasteiger partial charge in [-0.1, -0.05) is 12.1 Å². The Bertz CT molecular complexity index is 1640. The first kappa shape index (κ1) is 25.5. The van der Waals surface area contributed by atoms with Gasteiger partial charge in [-0.2, -0.15) is 5.10 Å². The van der Waals surface area contributed by atoms with Crippen LogP contribution in [0.4, 0.5) is 16.0 Å². The number of carbonyl (C=O) groups excluding carboxylic acids is 1. The van der Waals surface area contributed by atoms with E-state index in [0.717, 1.165) is 30.2 Å². The molecular formula is C29H28FN7O3. The number of nitrogens with one attached hydrogen (secondary N) is 2. The van der Waals surface area contributed by atoms with Crippen molar-refractivity contribution in [3.05, 3.63) is 83.8 Å². The van der Waals surface area contributed by atoms with Gasteiger partial charge < -0.3 is 25.0 Å². The maximum atomic E-state index is 13.8. The number of halogens is 1. The quantitative estimate of drug-likeness (QED) is 0.282. The second-order valence-corrected chi connectivity index (χ2v) is 9.74. The van der Waals surface area contributed by atoms with E-state index in [0.29, 0.717) is 53.3 Å². The van der Waals surface area contributed by atoms with Gasteiger partial charge in [0.1, 0.15) is 23.1 Å². The van der Waals surface area contributed by atoms with E-state index < -0.39 is 0 Å². The van der Waals surface area contributed by atoms with E-state index in [1.165, 1.54) is 12.1 Å². The number of H-pyrrole nitrogens is 1. The Labute approximate surface area is 229 Å². The summed E-state index contributed by atoms with van der Waals surface area (Å²) in [6.45, 7) is 1.85. The van der Waals surface area contributed by atoms with Crippen LogP contribution < -0.4 is 15.0 Å². The fraction of sp³-hybridized carbons (Fsp3) is 0.241. The summed E-state index contributed by atoms with van der Waals surface area (Å²) >= 11 is 0. The number of anilines is 2. The van der Waals surface area contributed by atoms with E-state index in [4.69, 9.17) is 4.74 Å². The van der Waals surface area contributed by atoms with Gasteiger partial charge in [-0.3, -0.25) is 9.48 Å². The van der Waals surface area contributed by atoms with Crippen molar-refractivity contribution in [3.63, 3.8) is 0 Å². The number of ether oxygens (including phenoxy) is 1. The molecule has 6 rings (SSSR count). The molecule has 11 heteroatoms. The van der Waals surface area contributed by atoms with Gasteiger partial charge in [-0.05, 0) is 54.8 Å². The fourth-order valence-electron chi connectivity index (χ4n) is 4.78. The van der Waals surface area contributed by atoms with E-state index in [-0.39, 0.29) is 17.8 Å². The van der Waals surface area contributed by atoms with Crippen molar-refractivity contribution in [1.82, 2.24) is 24.7 Å². The number of amides is 1. The summed E-state index contributed by atoms with van der Waals surface area (Å²) in [6.07, 6.45) is 2.67. The fourth-order valence-corrected chi connectivity index (χ4v) is 4.78. The number of rotatable bonds is 7. The number of methoxy groups -OCH3 is 1. The zero-order valence-corrected chi connectivity index (χ0v) is 21.8. The van der Waals surface area contributed by atoms with Gasteiger partial charge in [-0.15, -0.1) is 0 Å². The van der Waals surface area contributed by atoms with Crippen LogP contribution in [0.15, 0.2) is 66.9 Å². The van der Waals surface area contributed by atoms with Crippen molar-refractivity contribution >= 4 is 28.6 Å². The standard InChI is InChI=1S/C29H28FN7O3/c1-40-22-6-2-18(3-7-22)17-37-25(28-32-23-8-5-20(30)14-24(23)33-28)15-26(35-37)34-29(39)19-4-9-27(31-16-19)36-12-10-21(38)11-13-36/h2-9,14-16,21,38H,10-13,17H2,1H3,(H,32,33)(H,34,35,39). The molecule has 4 heterocycles. The highest BCUT2D eigenvalue weighted by Crippen LogP contribution is 2.26. The average Bonchev–Trinajstić information content (AvgIpc) is 3.57. The normalized spacial score (nSPS) is 14.0. The van der Waals surface area contributed by atoms with Crippen LogP contribution in [0, 0.1) is 5.82 Å². The highest BCUT2D eigenvalue weighted by atomic mass is 19.1. The van der Waals surface area contributed by atoms with Crippen LogP contribution in [0.25, 0.3) is 22.6 Å². The largest absolute Gasteiger partial charge is 0.497 e. The molecule has 2 aromatic carbocycles. The first-order chi connectivity index (χ1) is 19.4. The van der Waals surface area contributed by atoms with Gasteiger partial charge in [-0.25, -0.2) is 14.4 Å². The third-order valence-corrected chi connectivity index (χ3v) is 7.00. The van der Waals surface area contributed by atoms with Crippen LogP contribution in [-0.4, -0.2) is 62.0 Å². The lowest BCUT2D eigenvalue weighted by Gasteiger charge is -2.30. The number of hydrogen-bond donors (Lipinski definition) is 3. The number of aliphatic hydroxyl groups is 1.